The van der Waals surface area contributed by atoms with Gasteiger partial charge < -0.3 is 4.90 Å². The Morgan fingerprint density at radius 2 is 1.94 bits per heavy atom. The van der Waals surface area contributed by atoms with Crippen molar-refractivity contribution >= 4 is 17.4 Å². The minimum absolute atomic E-state index is 0.179. The molecule has 0 N–H and O–H groups in total. The molecule has 1 fully saturated rings. The minimum atomic E-state index is -4.64. The Balaban J connectivity index is 1.67. The van der Waals surface area contributed by atoms with Gasteiger partial charge in [-0.2, -0.15) is 13.2 Å². The highest BCUT2D eigenvalue weighted by Gasteiger charge is 2.38. The highest BCUT2D eigenvalue weighted by molar-refractivity contribution is 6.01. The van der Waals surface area contributed by atoms with Crippen LogP contribution >= 0.6 is 0 Å². The first-order valence-electron chi connectivity index (χ1n) is 10.8. The largest absolute Gasteiger partial charge is 0.418 e. The summed E-state index contributed by atoms with van der Waals surface area (Å²) >= 11 is 0. The molecule has 1 saturated heterocycles. The second-order valence-corrected chi connectivity index (χ2v) is 8.08. The van der Waals surface area contributed by atoms with Crippen molar-refractivity contribution < 1.29 is 22.8 Å². The Bertz CT molecular complexity index is 1300. The van der Waals surface area contributed by atoms with Crippen LogP contribution in [0.15, 0.2) is 60.9 Å². The smallest absolute Gasteiger partial charge is 0.312 e. The molecule has 0 radical (unpaired) electrons. The molecule has 1 aromatic heterocycles. The van der Waals surface area contributed by atoms with Crippen molar-refractivity contribution in [3.05, 3.63) is 94.3 Å². The number of ketones is 1. The Kier molecular flexibility index (Phi) is 6.51. The van der Waals surface area contributed by atoms with E-state index in [-0.39, 0.29) is 42.3 Å². The highest BCUT2D eigenvalue weighted by atomic mass is 19.4. The predicted octanol–water partition coefficient (Wildman–Crippen LogP) is 5.36. The van der Waals surface area contributed by atoms with Crippen molar-refractivity contribution in [3.8, 4) is 11.8 Å². The van der Waals surface area contributed by atoms with E-state index in [1.54, 1.807) is 36.7 Å². The second-order valence-electron chi connectivity index (χ2n) is 8.08. The summed E-state index contributed by atoms with van der Waals surface area (Å²) in [6.07, 6.45) is -0.955. The van der Waals surface area contributed by atoms with Gasteiger partial charge >= 0.3 is 6.18 Å². The molecule has 0 aliphatic carbocycles. The van der Waals surface area contributed by atoms with Crippen molar-refractivity contribution in [1.82, 2.24) is 4.98 Å². The number of Topliss-reactive ketones (excluding diaryl/α,β-unsaturated/α-hetero) is 1. The number of anilines is 1. The number of carbonyl (C=O) groups is 2. The SMILES string of the molecule is Cc1ccc(C(=O)Cc2cccc(C(F)(F)F)c2N2CCCC2=O)cc1C#Cc1cccnc1. The maximum Gasteiger partial charge on any atom is 0.418 e. The van der Waals surface area contributed by atoms with Crippen LogP contribution in [0.3, 0.4) is 0 Å². The van der Waals surface area contributed by atoms with Crippen LogP contribution in [0, 0.1) is 18.8 Å². The molecule has 7 heteroatoms. The van der Waals surface area contributed by atoms with Gasteiger partial charge in [0.2, 0.25) is 5.91 Å². The molecule has 4 nitrogen and oxygen atoms in total. The van der Waals surface area contributed by atoms with E-state index in [1.807, 2.05) is 13.0 Å². The molecule has 0 saturated carbocycles. The summed E-state index contributed by atoms with van der Waals surface area (Å²) in [5.74, 6) is 5.32. The Hall–Kier alpha value is -3.92. The number of para-hydroxylation sites is 1. The maximum absolute atomic E-state index is 13.7. The van der Waals surface area contributed by atoms with Gasteiger partial charge in [-0.1, -0.05) is 36.1 Å². The number of aromatic nitrogens is 1. The number of amides is 1. The van der Waals surface area contributed by atoms with E-state index in [4.69, 9.17) is 0 Å². The number of carbonyl (C=O) groups excluding carboxylic acids is 2. The molecule has 0 atom stereocenters. The fourth-order valence-corrected chi connectivity index (χ4v) is 3.95. The van der Waals surface area contributed by atoms with E-state index < -0.39 is 11.7 Å². The summed E-state index contributed by atoms with van der Waals surface area (Å²) in [6.45, 7) is 2.07. The van der Waals surface area contributed by atoms with Crippen LogP contribution in [0.25, 0.3) is 0 Å². The lowest BCUT2D eigenvalue weighted by atomic mass is 9.96. The molecule has 34 heavy (non-hydrogen) atoms. The number of alkyl halides is 3. The molecule has 0 spiro atoms. The summed E-state index contributed by atoms with van der Waals surface area (Å²) < 4.78 is 41.2. The number of hydrogen-bond acceptors (Lipinski definition) is 3. The monoisotopic (exact) mass is 462 g/mol. The first kappa shape index (κ1) is 23.2. The summed E-state index contributed by atoms with van der Waals surface area (Å²) in [4.78, 5) is 30.6. The molecule has 1 aliphatic heterocycles. The zero-order valence-corrected chi connectivity index (χ0v) is 18.4. The van der Waals surface area contributed by atoms with Gasteiger partial charge in [0.05, 0.1) is 11.3 Å². The Labute approximate surface area is 195 Å². The van der Waals surface area contributed by atoms with Crippen molar-refractivity contribution in [2.45, 2.75) is 32.4 Å². The number of rotatable bonds is 4. The predicted molar refractivity (Wildman–Crippen MR) is 122 cm³/mol. The maximum atomic E-state index is 13.7. The molecule has 3 aromatic rings. The molecule has 4 rings (SSSR count). The third kappa shape index (κ3) is 5.01. The molecule has 1 aliphatic rings. The average molecular weight is 462 g/mol. The zero-order valence-electron chi connectivity index (χ0n) is 18.4. The molecular weight excluding hydrogens is 441 g/mol. The van der Waals surface area contributed by atoms with Gasteiger partial charge in [0.1, 0.15) is 0 Å². The molecule has 2 heterocycles. The third-order valence-electron chi connectivity index (χ3n) is 5.68. The fourth-order valence-electron chi connectivity index (χ4n) is 3.95. The summed E-state index contributed by atoms with van der Waals surface area (Å²) in [5, 5.41) is 0. The number of aryl methyl sites for hydroxylation is 1. The third-order valence-corrected chi connectivity index (χ3v) is 5.68. The number of pyridine rings is 1. The van der Waals surface area contributed by atoms with Gasteiger partial charge in [0, 0.05) is 48.5 Å². The van der Waals surface area contributed by atoms with Gasteiger partial charge in [-0.15, -0.1) is 0 Å². The highest BCUT2D eigenvalue weighted by Crippen LogP contribution is 2.40. The van der Waals surface area contributed by atoms with E-state index in [9.17, 15) is 22.8 Å². The van der Waals surface area contributed by atoms with Gasteiger partial charge in [-0.05, 0) is 48.7 Å². The molecule has 2 aromatic carbocycles. The first-order chi connectivity index (χ1) is 16.2. The standard InChI is InChI=1S/C27H21F3N2O2/c1-18-9-11-21(15-20(18)12-10-19-5-3-13-31-17-19)24(33)16-22-6-2-7-23(27(28,29)30)26(22)32-14-4-8-25(32)34/h2-3,5-7,9,11,13,15,17H,4,8,14,16H2,1H3. The van der Waals surface area contributed by atoms with Crippen LogP contribution in [0.5, 0.6) is 0 Å². The molecule has 172 valence electrons. The summed E-state index contributed by atoms with van der Waals surface area (Å²) in [7, 11) is 0. The first-order valence-corrected chi connectivity index (χ1v) is 10.8. The van der Waals surface area contributed by atoms with Crippen LogP contribution in [0.4, 0.5) is 18.9 Å². The number of halogens is 3. The van der Waals surface area contributed by atoms with Crippen molar-refractivity contribution in [1.29, 1.82) is 0 Å². The summed E-state index contributed by atoms with van der Waals surface area (Å²) in [6, 6.07) is 12.3. The van der Waals surface area contributed by atoms with Crippen LogP contribution < -0.4 is 4.90 Å². The van der Waals surface area contributed by atoms with Crippen molar-refractivity contribution in [2.24, 2.45) is 0 Å². The zero-order chi connectivity index (χ0) is 24.3. The van der Waals surface area contributed by atoms with Gasteiger partial charge in [-0.3, -0.25) is 14.6 Å². The molecule has 0 unspecified atom stereocenters. The molecule has 0 bridgehead atoms. The quantitative estimate of drug-likeness (QED) is 0.387. The van der Waals surface area contributed by atoms with E-state index in [0.29, 0.717) is 17.5 Å². The lowest BCUT2D eigenvalue weighted by molar-refractivity contribution is -0.137. The number of benzene rings is 2. The van der Waals surface area contributed by atoms with E-state index in [2.05, 4.69) is 16.8 Å². The van der Waals surface area contributed by atoms with Crippen LogP contribution in [0.1, 0.15) is 51.0 Å². The van der Waals surface area contributed by atoms with Crippen molar-refractivity contribution in [2.75, 3.05) is 11.4 Å². The Morgan fingerprint density at radius 3 is 2.62 bits per heavy atom. The molecular formula is C27H21F3N2O2. The van der Waals surface area contributed by atoms with E-state index in [0.717, 1.165) is 22.1 Å². The number of hydrogen-bond donors (Lipinski definition) is 0. The lowest BCUT2D eigenvalue weighted by Gasteiger charge is -2.24. The topological polar surface area (TPSA) is 50.3 Å². The Morgan fingerprint density at radius 1 is 1.12 bits per heavy atom. The van der Waals surface area contributed by atoms with E-state index >= 15 is 0 Å². The van der Waals surface area contributed by atoms with Gasteiger partial charge in [0.25, 0.3) is 0 Å². The van der Waals surface area contributed by atoms with Crippen LogP contribution in [-0.4, -0.2) is 23.2 Å². The van der Waals surface area contributed by atoms with Crippen LogP contribution in [-0.2, 0) is 17.4 Å². The number of nitrogens with zero attached hydrogens (tertiary/aromatic N) is 2. The molecule has 1 amide bonds. The minimum Gasteiger partial charge on any atom is -0.312 e. The fraction of sp³-hybridized carbons (Fsp3) is 0.222. The van der Waals surface area contributed by atoms with Gasteiger partial charge in [0.15, 0.2) is 5.78 Å². The lowest BCUT2D eigenvalue weighted by Crippen LogP contribution is -2.28. The normalized spacial score (nSPS) is 13.5. The van der Waals surface area contributed by atoms with Crippen LogP contribution in [0.2, 0.25) is 0 Å². The van der Waals surface area contributed by atoms with Crippen molar-refractivity contribution in [3.63, 3.8) is 0 Å². The summed E-state index contributed by atoms with van der Waals surface area (Å²) in [5.41, 5.74) is 1.65. The second kappa shape index (κ2) is 9.52. The average Bonchev–Trinajstić information content (AvgIpc) is 3.24. The van der Waals surface area contributed by atoms with E-state index in [1.165, 1.54) is 12.1 Å². The van der Waals surface area contributed by atoms with Gasteiger partial charge in [-0.25, -0.2) is 0 Å².